The number of nitrogens with one attached hydrogen (secondary N) is 4. The lowest BCUT2D eigenvalue weighted by atomic mass is 9.94. The van der Waals surface area contributed by atoms with Gasteiger partial charge in [-0.05, 0) is 137 Å². The van der Waals surface area contributed by atoms with E-state index in [-0.39, 0.29) is 73.9 Å². The quantitative estimate of drug-likeness (QED) is 0.0532. The molecule has 4 amide bonds. The van der Waals surface area contributed by atoms with Gasteiger partial charge in [-0.15, -0.1) is 0 Å². The predicted molar refractivity (Wildman–Crippen MR) is 289 cm³/mol. The van der Waals surface area contributed by atoms with E-state index >= 15 is 8.78 Å². The number of likely N-dealkylation sites (tertiary alicyclic amines) is 2. The summed E-state index contributed by atoms with van der Waals surface area (Å²) in [7, 11) is 3.38. The van der Waals surface area contributed by atoms with Gasteiger partial charge in [-0.1, -0.05) is 52.0 Å². The molecule has 16 nitrogen and oxygen atoms in total. The van der Waals surface area contributed by atoms with Crippen molar-refractivity contribution in [2.45, 2.75) is 143 Å². The van der Waals surface area contributed by atoms with Gasteiger partial charge in [0, 0.05) is 49.8 Å². The van der Waals surface area contributed by atoms with E-state index in [0.717, 1.165) is 57.3 Å². The van der Waals surface area contributed by atoms with Gasteiger partial charge >= 0.3 is 11.9 Å². The van der Waals surface area contributed by atoms with Crippen molar-refractivity contribution in [3.8, 4) is 22.5 Å². The Bertz CT molecular complexity index is 2740. The Balaban J connectivity index is 1.34. The molecule has 2 aliphatic rings. The molecule has 2 saturated heterocycles. The molecule has 0 spiro atoms. The summed E-state index contributed by atoms with van der Waals surface area (Å²) < 4.78 is 45.7. The molecule has 0 saturated carbocycles. The highest BCUT2D eigenvalue weighted by atomic mass is 19.1. The lowest BCUT2D eigenvalue weighted by Crippen LogP contribution is -2.55. The summed E-state index contributed by atoms with van der Waals surface area (Å²) in [5, 5.41) is 13.4. The molecular weight excluding hydrogens is 975 g/mol. The molecular formula is C58H76F2N8O8. The van der Waals surface area contributed by atoms with Gasteiger partial charge in [0.1, 0.15) is 36.9 Å². The van der Waals surface area contributed by atoms with Crippen LogP contribution in [0, 0.1) is 23.5 Å². The third-order valence-electron chi connectivity index (χ3n) is 15.2. The van der Waals surface area contributed by atoms with Crippen LogP contribution in [0.2, 0.25) is 0 Å². The smallest absolute Gasteiger partial charge is 0.302 e. The number of ether oxygens (including phenoxy) is 2. The number of likely N-dealkylation sites (N-methyl/N-ethyl adjacent to an activating group) is 2. The van der Waals surface area contributed by atoms with E-state index in [4.69, 9.17) is 9.47 Å². The second-order valence-electron chi connectivity index (χ2n) is 21.1. The van der Waals surface area contributed by atoms with E-state index in [0.29, 0.717) is 49.8 Å². The molecule has 0 bridgehead atoms. The highest BCUT2D eigenvalue weighted by Crippen LogP contribution is 2.41. The molecule has 2 aliphatic heterocycles. The third kappa shape index (κ3) is 12.6. The van der Waals surface area contributed by atoms with Gasteiger partial charge in [0.15, 0.2) is 0 Å². The van der Waals surface area contributed by atoms with Crippen molar-refractivity contribution in [1.29, 1.82) is 0 Å². The fourth-order valence-electron chi connectivity index (χ4n) is 11.0. The maximum absolute atomic E-state index is 15.4. The number of carbonyl (C=O) groups excluding carboxylic acids is 6. The summed E-state index contributed by atoms with van der Waals surface area (Å²) in [6.07, 6.45) is 3.71. The minimum Gasteiger partial charge on any atom is -0.464 e. The van der Waals surface area contributed by atoms with Crippen molar-refractivity contribution in [2.75, 3.05) is 40.4 Å². The number of halogens is 2. The summed E-state index contributed by atoms with van der Waals surface area (Å²) in [5.41, 5.74) is 5.96. The van der Waals surface area contributed by atoms with Crippen molar-refractivity contribution < 1.29 is 47.0 Å². The van der Waals surface area contributed by atoms with Crippen LogP contribution in [0.15, 0.2) is 60.7 Å². The van der Waals surface area contributed by atoms with Crippen LogP contribution in [0.3, 0.4) is 0 Å². The topological polar surface area (TPSA) is 185 Å². The molecule has 4 N–H and O–H groups in total. The van der Waals surface area contributed by atoms with Gasteiger partial charge in [0.25, 0.3) is 0 Å². The largest absolute Gasteiger partial charge is 0.464 e. The summed E-state index contributed by atoms with van der Waals surface area (Å²) in [4.78, 5) is 83.2. The summed E-state index contributed by atoms with van der Waals surface area (Å²) in [6.45, 7) is 15.2. The van der Waals surface area contributed by atoms with Crippen LogP contribution in [0.25, 0.3) is 44.3 Å². The molecule has 6 atom stereocenters. The second kappa shape index (κ2) is 25.0. The molecule has 4 heterocycles. The molecule has 2 aromatic heterocycles. The van der Waals surface area contributed by atoms with E-state index in [2.05, 4.69) is 21.3 Å². The van der Waals surface area contributed by atoms with E-state index < -0.39 is 47.7 Å². The van der Waals surface area contributed by atoms with Crippen LogP contribution in [0.5, 0.6) is 0 Å². The molecule has 18 heteroatoms. The Hall–Kier alpha value is -6.66. The van der Waals surface area contributed by atoms with E-state index in [9.17, 15) is 28.8 Å². The highest BCUT2D eigenvalue weighted by Gasteiger charge is 2.39. The average Bonchev–Trinajstić information content (AvgIpc) is 4.19. The van der Waals surface area contributed by atoms with Crippen LogP contribution in [0.4, 0.5) is 8.78 Å². The van der Waals surface area contributed by atoms with Gasteiger partial charge in [0.05, 0.1) is 47.6 Å². The van der Waals surface area contributed by atoms with Gasteiger partial charge in [-0.3, -0.25) is 28.8 Å². The van der Waals surface area contributed by atoms with Crippen LogP contribution in [-0.4, -0.2) is 131 Å². The number of rotatable bonds is 22. The molecule has 0 aliphatic carbocycles. The van der Waals surface area contributed by atoms with Crippen LogP contribution < -0.4 is 21.3 Å². The molecule has 0 unspecified atom stereocenters. The second-order valence-corrected chi connectivity index (χ2v) is 21.1. The third-order valence-corrected chi connectivity index (χ3v) is 15.2. The molecule has 76 heavy (non-hydrogen) atoms. The zero-order valence-electron chi connectivity index (χ0n) is 45.7. The number of nitrogens with zero attached hydrogens (tertiary/aromatic N) is 4. The fourth-order valence-corrected chi connectivity index (χ4v) is 11.0. The lowest BCUT2D eigenvalue weighted by molar-refractivity contribution is -0.142. The first kappa shape index (κ1) is 57.1. The zero-order valence-corrected chi connectivity index (χ0v) is 45.7. The minimum atomic E-state index is -0.754. The molecule has 2 fully saturated rings. The number of hydrogen-bond donors (Lipinski definition) is 4. The molecule has 0 radical (unpaired) electrons. The zero-order chi connectivity index (χ0) is 55.1. The number of carbonyl (C=O) groups is 6. The van der Waals surface area contributed by atoms with Crippen LogP contribution in [-0.2, 0) is 64.2 Å². The summed E-state index contributed by atoms with van der Waals surface area (Å²) >= 11 is 0. The highest BCUT2D eigenvalue weighted by molar-refractivity contribution is 5.96. The first-order valence-corrected chi connectivity index (χ1v) is 26.8. The number of hydrogen-bond acceptors (Lipinski definition) is 10. The first-order chi connectivity index (χ1) is 36.2. The molecule has 3 aromatic carbocycles. The number of fused-ring (bicyclic) bond motifs is 2. The molecule has 410 valence electrons. The summed E-state index contributed by atoms with van der Waals surface area (Å²) in [6, 6.07) is 14.2. The van der Waals surface area contributed by atoms with Crippen molar-refractivity contribution in [1.82, 2.24) is 40.2 Å². The van der Waals surface area contributed by atoms with Crippen LogP contribution >= 0.6 is 0 Å². The standard InChI is InChI=1S/C58H76F2N8O8/c1-33(2)51(63-55(71)35(5)61-9)57(73)65-23-11-13-43(65)31-47-45-21-19-41(59)29-49(45)67(25-27-75-37(7)69)53(47)39-15-17-40(18-16-39)54-48(46-22-20-42(60)30-50(46)68(54)26-28-76-38(8)70)32-44-14-12-24-66(44)58(74)52(34(3)4)64-56(72)36(6)62-10/h15-22,29-30,33-36,43-44,51-52,61-62H,11-14,23-28,31-32H2,1-10H3,(H,63,71)(H,64,72)/t35-,36-,43-,44-,51-,52-/m0/s1. The van der Waals surface area contributed by atoms with E-state index in [1.54, 1.807) is 40.1 Å². The Morgan fingerprint density at radius 1 is 0.579 bits per heavy atom. The maximum atomic E-state index is 15.4. The Morgan fingerprint density at radius 3 is 1.28 bits per heavy atom. The maximum Gasteiger partial charge on any atom is 0.302 e. The number of amides is 4. The Kier molecular flexibility index (Phi) is 18.8. The SMILES string of the molecule is CN[C@@H](C)C(=O)N[C@H](C(=O)N1CCC[C@H]1Cc1c(-c2ccc(-c3c(C[C@@H]4CCCN4C(=O)[C@@H](NC(=O)[C@H](C)NC)C(C)C)c4ccc(F)cc4n3CCOC(C)=O)cc2)n(CCOC(C)=O)c2cc(F)ccc12)C(C)C. The van der Waals surface area contributed by atoms with E-state index in [1.807, 2.05) is 70.9 Å². The van der Waals surface area contributed by atoms with Gasteiger partial charge in [-0.25, -0.2) is 8.78 Å². The van der Waals surface area contributed by atoms with E-state index in [1.165, 1.54) is 38.1 Å². The van der Waals surface area contributed by atoms with Crippen molar-refractivity contribution in [3.63, 3.8) is 0 Å². The lowest BCUT2D eigenvalue weighted by Gasteiger charge is -2.32. The van der Waals surface area contributed by atoms with Crippen molar-refractivity contribution in [2.24, 2.45) is 11.8 Å². The number of aromatic nitrogens is 2. The monoisotopic (exact) mass is 1050 g/mol. The van der Waals surface area contributed by atoms with Crippen LogP contribution in [0.1, 0.15) is 92.2 Å². The number of esters is 2. The van der Waals surface area contributed by atoms with Crippen molar-refractivity contribution in [3.05, 3.63) is 83.4 Å². The minimum absolute atomic E-state index is 0.0113. The average molecular weight is 1050 g/mol. The predicted octanol–water partition coefficient (Wildman–Crippen LogP) is 6.90. The Morgan fingerprint density at radius 2 is 0.947 bits per heavy atom. The number of benzene rings is 3. The van der Waals surface area contributed by atoms with Gasteiger partial charge < -0.3 is 49.7 Å². The summed E-state index contributed by atoms with van der Waals surface area (Å²) in [5.74, 6) is -3.07. The molecule has 7 rings (SSSR count). The fraction of sp³-hybridized carbons (Fsp3) is 0.517. The Labute approximate surface area is 444 Å². The van der Waals surface area contributed by atoms with Gasteiger partial charge in [-0.2, -0.15) is 0 Å². The molecule has 5 aromatic rings. The van der Waals surface area contributed by atoms with Gasteiger partial charge in [0.2, 0.25) is 23.6 Å². The van der Waals surface area contributed by atoms with Crippen molar-refractivity contribution >= 4 is 57.4 Å². The normalized spacial score (nSPS) is 17.3. The first-order valence-electron chi connectivity index (χ1n) is 26.8.